The van der Waals surface area contributed by atoms with E-state index in [1.165, 1.54) is 12.1 Å². The van der Waals surface area contributed by atoms with Crippen LogP contribution < -0.4 is 5.32 Å². The zero-order valence-electron chi connectivity index (χ0n) is 15.7. The second-order valence-corrected chi connectivity index (χ2v) is 6.93. The van der Waals surface area contributed by atoms with Crippen molar-refractivity contribution in [3.8, 4) is 0 Å². The number of nitrogens with zero attached hydrogens (tertiary/aromatic N) is 3. The highest BCUT2D eigenvalue weighted by Crippen LogP contribution is 2.11. The van der Waals surface area contributed by atoms with E-state index in [2.05, 4.69) is 10.2 Å². The van der Waals surface area contributed by atoms with E-state index in [1.54, 1.807) is 12.1 Å². The van der Waals surface area contributed by atoms with E-state index in [0.717, 1.165) is 5.56 Å². The van der Waals surface area contributed by atoms with E-state index >= 15 is 0 Å². The van der Waals surface area contributed by atoms with Crippen LogP contribution in [0.1, 0.15) is 12.5 Å². The van der Waals surface area contributed by atoms with Crippen LogP contribution in [-0.4, -0.2) is 85.2 Å². The summed E-state index contributed by atoms with van der Waals surface area (Å²) in [6, 6.07) is 5.88. The Kier molecular flexibility index (Phi) is 6.63. The Bertz CT molecular complexity index is 641. The molecule has 0 saturated carbocycles. The number of hydrogen-bond donors (Lipinski definition) is 1. The maximum atomic E-state index is 12.9. The first-order chi connectivity index (χ1) is 13.0. The van der Waals surface area contributed by atoms with Gasteiger partial charge in [-0.25, -0.2) is 9.18 Å². The highest BCUT2D eigenvalue weighted by molar-refractivity contribution is 5.81. The van der Waals surface area contributed by atoms with E-state index in [-0.39, 0.29) is 23.8 Å². The fourth-order valence-corrected chi connectivity index (χ4v) is 3.36. The number of piperazine rings is 1. The van der Waals surface area contributed by atoms with Crippen LogP contribution in [0, 0.1) is 5.82 Å². The summed E-state index contributed by atoms with van der Waals surface area (Å²) in [7, 11) is 0. The smallest absolute Gasteiger partial charge is 0.320 e. The lowest BCUT2D eigenvalue weighted by molar-refractivity contribution is -0.126. The molecule has 2 saturated heterocycles. The van der Waals surface area contributed by atoms with E-state index < -0.39 is 0 Å². The Morgan fingerprint density at radius 1 is 1.04 bits per heavy atom. The fraction of sp³-hybridized carbons (Fsp3) is 0.579. The molecule has 148 valence electrons. The minimum atomic E-state index is -0.289. The topological polar surface area (TPSA) is 65.1 Å². The molecule has 2 fully saturated rings. The zero-order valence-corrected chi connectivity index (χ0v) is 15.7. The first-order valence-corrected chi connectivity index (χ1v) is 9.42. The maximum absolute atomic E-state index is 12.9. The first kappa shape index (κ1) is 19.6. The van der Waals surface area contributed by atoms with E-state index in [1.807, 2.05) is 16.7 Å². The monoisotopic (exact) mass is 378 g/mol. The molecular weight excluding hydrogens is 351 g/mol. The van der Waals surface area contributed by atoms with Gasteiger partial charge in [-0.05, 0) is 24.6 Å². The van der Waals surface area contributed by atoms with Gasteiger partial charge in [0.1, 0.15) is 5.82 Å². The number of nitrogens with one attached hydrogen (secondary N) is 1. The Labute approximate surface area is 159 Å². The van der Waals surface area contributed by atoms with Crippen molar-refractivity contribution in [2.24, 2.45) is 0 Å². The van der Waals surface area contributed by atoms with Crippen LogP contribution in [0.5, 0.6) is 0 Å². The molecule has 1 aromatic rings. The number of urea groups is 1. The second kappa shape index (κ2) is 9.14. The Morgan fingerprint density at radius 2 is 1.63 bits per heavy atom. The van der Waals surface area contributed by atoms with Crippen LogP contribution in [0.2, 0.25) is 0 Å². The SMILES string of the molecule is CC(C(=O)NCc1ccc(F)cc1)N1CCN(C(=O)N2CCOCC2)CC1. The van der Waals surface area contributed by atoms with Gasteiger partial charge < -0.3 is 19.9 Å². The van der Waals surface area contributed by atoms with Crippen molar-refractivity contribution in [3.63, 3.8) is 0 Å². The van der Waals surface area contributed by atoms with Crippen LogP contribution in [0.3, 0.4) is 0 Å². The number of amides is 3. The molecule has 0 spiro atoms. The minimum absolute atomic E-state index is 0.0614. The van der Waals surface area contributed by atoms with Crippen molar-refractivity contribution in [1.29, 1.82) is 0 Å². The average molecular weight is 378 g/mol. The molecule has 1 unspecified atom stereocenters. The number of carbonyl (C=O) groups is 2. The number of rotatable bonds is 4. The fourth-order valence-electron chi connectivity index (χ4n) is 3.36. The molecule has 27 heavy (non-hydrogen) atoms. The number of halogens is 1. The number of hydrogen-bond acceptors (Lipinski definition) is 4. The summed E-state index contributed by atoms with van der Waals surface area (Å²) in [5, 5.41) is 2.90. The quantitative estimate of drug-likeness (QED) is 0.846. The van der Waals surface area contributed by atoms with Crippen LogP contribution in [0.15, 0.2) is 24.3 Å². The van der Waals surface area contributed by atoms with Crippen molar-refractivity contribution in [1.82, 2.24) is 20.0 Å². The average Bonchev–Trinajstić information content (AvgIpc) is 2.73. The first-order valence-electron chi connectivity index (χ1n) is 9.42. The lowest BCUT2D eigenvalue weighted by atomic mass is 10.2. The number of morpholine rings is 1. The molecule has 0 radical (unpaired) electrons. The normalized spacial score (nSPS) is 19.6. The Balaban J connectivity index is 1.43. The molecule has 3 amide bonds. The van der Waals surface area contributed by atoms with Crippen LogP contribution in [0.4, 0.5) is 9.18 Å². The molecule has 1 N–H and O–H groups in total. The number of benzene rings is 1. The summed E-state index contributed by atoms with van der Waals surface area (Å²) in [4.78, 5) is 30.7. The van der Waals surface area contributed by atoms with Crippen LogP contribution in [0.25, 0.3) is 0 Å². The van der Waals surface area contributed by atoms with Crippen molar-refractivity contribution in [3.05, 3.63) is 35.6 Å². The third-order valence-electron chi connectivity index (χ3n) is 5.17. The standard InChI is InChI=1S/C19H27FN4O3/c1-15(18(25)21-14-16-2-4-17(20)5-3-16)22-6-8-23(9-7-22)19(26)24-10-12-27-13-11-24/h2-5,15H,6-14H2,1H3,(H,21,25). The van der Waals surface area contributed by atoms with Gasteiger partial charge in [0, 0.05) is 45.8 Å². The third kappa shape index (κ3) is 5.17. The van der Waals surface area contributed by atoms with Gasteiger partial charge in [0.15, 0.2) is 0 Å². The molecule has 0 aromatic heterocycles. The predicted octanol–water partition coefficient (Wildman–Crippen LogP) is 0.900. The van der Waals surface area contributed by atoms with E-state index in [4.69, 9.17) is 4.74 Å². The van der Waals surface area contributed by atoms with Gasteiger partial charge in [-0.15, -0.1) is 0 Å². The van der Waals surface area contributed by atoms with Crippen molar-refractivity contribution >= 4 is 11.9 Å². The van der Waals surface area contributed by atoms with E-state index in [9.17, 15) is 14.0 Å². The highest BCUT2D eigenvalue weighted by atomic mass is 19.1. The van der Waals surface area contributed by atoms with Crippen LogP contribution in [-0.2, 0) is 16.1 Å². The summed E-state index contributed by atoms with van der Waals surface area (Å²) in [5.74, 6) is -0.352. The molecule has 1 aromatic carbocycles. The number of carbonyl (C=O) groups excluding carboxylic acids is 2. The summed E-state index contributed by atoms with van der Waals surface area (Å²) in [5.41, 5.74) is 0.859. The molecule has 3 rings (SSSR count). The molecule has 1 atom stereocenters. The molecule has 0 bridgehead atoms. The van der Waals surface area contributed by atoms with Gasteiger partial charge in [0.2, 0.25) is 5.91 Å². The van der Waals surface area contributed by atoms with E-state index in [0.29, 0.717) is 59.0 Å². The third-order valence-corrected chi connectivity index (χ3v) is 5.17. The van der Waals surface area contributed by atoms with Crippen molar-refractivity contribution in [2.75, 3.05) is 52.5 Å². The van der Waals surface area contributed by atoms with Gasteiger partial charge in [-0.2, -0.15) is 0 Å². The molecule has 0 aliphatic carbocycles. The molecule has 2 aliphatic rings. The lowest BCUT2D eigenvalue weighted by Crippen LogP contribution is -2.57. The predicted molar refractivity (Wildman–Crippen MR) is 98.6 cm³/mol. The highest BCUT2D eigenvalue weighted by Gasteiger charge is 2.29. The van der Waals surface area contributed by atoms with Crippen molar-refractivity contribution < 1.29 is 18.7 Å². The van der Waals surface area contributed by atoms with Gasteiger partial charge in [0.25, 0.3) is 0 Å². The lowest BCUT2D eigenvalue weighted by Gasteiger charge is -2.40. The summed E-state index contributed by atoms with van der Waals surface area (Å²) in [6.07, 6.45) is 0. The van der Waals surface area contributed by atoms with Gasteiger partial charge >= 0.3 is 6.03 Å². The maximum Gasteiger partial charge on any atom is 0.320 e. The molecule has 7 nitrogen and oxygen atoms in total. The second-order valence-electron chi connectivity index (χ2n) is 6.93. The molecule has 2 aliphatic heterocycles. The van der Waals surface area contributed by atoms with Crippen LogP contribution >= 0.6 is 0 Å². The zero-order chi connectivity index (χ0) is 19.2. The van der Waals surface area contributed by atoms with Crippen molar-refractivity contribution in [2.45, 2.75) is 19.5 Å². The minimum Gasteiger partial charge on any atom is -0.378 e. The van der Waals surface area contributed by atoms with Gasteiger partial charge in [-0.1, -0.05) is 12.1 Å². The van der Waals surface area contributed by atoms with Gasteiger partial charge in [-0.3, -0.25) is 9.69 Å². The molecular formula is C19H27FN4O3. The number of ether oxygens (including phenoxy) is 1. The largest absolute Gasteiger partial charge is 0.378 e. The molecule has 2 heterocycles. The Morgan fingerprint density at radius 3 is 2.26 bits per heavy atom. The summed E-state index contributed by atoms with van der Waals surface area (Å²) < 4.78 is 18.2. The van der Waals surface area contributed by atoms with Gasteiger partial charge in [0.05, 0.1) is 19.3 Å². The summed E-state index contributed by atoms with van der Waals surface area (Å²) in [6.45, 7) is 7.29. The summed E-state index contributed by atoms with van der Waals surface area (Å²) >= 11 is 0. The Hall–Kier alpha value is -2.19. The molecule has 8 heteroatoms.